The molecule has 1 amide bonds. The Hall–Kier alpha value is -2.60. The van der Waals surface area contributed by atoms with Crippen LogP contribution in [0, 0.1) is 5.82 Å². The summed E-state index contributed by atoms with van der Waals surface area (Å²) in [6.45, 7) is 1.34. The molecular formula is C21H24FNO4. The van der Waals surface area contributed by atoms with Gasteiger partial charge < -0.3 is 19.5 Å². The Morgan fingerprint density at radius 3 is 2.22 bits per heavy atom. The van der Waals surface area contributed by atoms with Gasteiger partial charge in [-0.15, -0.1) is 0 Å². The summed E-state index contributed by atoms with van der Waals surface area (Å²) < 4.78 is 29.4. The number of carbonyl (C=O) groups excluding carboxylic acids is 1. The Bertz CT molecular complexity index is 763. The van der Waals surface area contributed by atoms with Crippen LogP contribution < -0.4 is 14.8 Å². The van der Waals surface area contributed by atoms with E-state index in [1.54, 1.807) is 32.4 Å². The molecule has 27 heavy (non-hydrogen) atoms. The van der Waals surface area contributed by atoms with Gasteiger partial charge in [0.05, 0.1) is 19.6 Å². The molecule has 0 saturated carbocycles. The van der Waals surface area contributed by atoms with E-state index in [0.717, 1.165) is 11.1 Å². The Morgan fingerprint density at radius 1 is 1.07 bits per heavy atom. The number of hydrogen-bond acceptors (Lipinski definition) is 4. The third kappa shape index (κ3) is 4.22. The van der Waals surface area contributed by atoms with E-state index in [4.69, 9.17) is 14.2 Å². The van der Waals surface area contributed by atoms with Crippen molar-refractivity contribution in [3.8, 4) is 11.5 Å². The topological polar surface area (TPSA) is 56.8 Å². The van der Waals surface area contributed by atoms with Crippen LogP contribution in [0.2, 0.25) is 0 Å². The summed E-state index contributed by atoms with van der Waals surface area (Å²) in [4.78, 5) is 13.2. The van der Waals surface area contributed by atoms with Crippen LogP contribution in [0.4, 0.5) is 4.39 Å². The zero-order valence-electron chi connectivity index (χ0n) is 15.6. The Morgan fingerprint density at radius 2 is 1.67 bits per heavy atom. The fourth-order valence-corrected chi connectivity index (χ4v) is 3.46. The summed E-state index contributed by atoms with van der Waals surface area (Å²) >= 11 is 0. The smallest absolute Gasteiger partial charge is 0.231 e. The van der Waals surface area contributed by atoms with Gasteiger partial charge in [0.1, 0.15) is 17.3 Å². The Balaban J connectivity index is 1.80. The number of rotatable bonds is 6. The molecule has 2 aromatic rings. The molecule has 0 atom stereocenters. The van der Waals surface area contributed by atoms with Gasteiger partial charge in [-0.25, -0.2) is 4.39 Å². The van der Waals surface area contributed by atoms with Crippen molar-refractivity contribution in [2.24, 2.45) is 0 Å². The highest BCUT2D eigenvalue weighted by Crippen LogP contribution is 2.35. The number of methoxy groups -OCH3 is 2. The Labute approximate surface area is 158 Å². The zero-order chi connectivity index (χ0) is 19.3. The van der Waals surface area contributed by atoms with Gasteiger partial charge in [-0.05, 0) is 48.2 Å². The molecule has 1 fully saturated rings. The van der Waals surface area contributed by atoms with Crippen LogP contribution in [0.1, 0.15) is 24.0 Å². The zero-order valence-corrected chi connectivity index (χ0v) is 15.6. The quantitative estimate of drug-likeness (QED) is 0.845. The minimum atomic E-state index is -0.713. The first-order chi connectivity index (χ1) is 13.1. The van der Waals surface area contributed by atoms with Gasteiger partial charge in [-0.1, -0.05) is 12.1 Å². The third-order valence-electron chi connectivity index (χ3n) is 5.04. The van der Waals surface area contributed by atoms with E-state index in [9.17, 15) is 9.18 Å². The average molecular weight is 373 g/mol. The van der Waals surface area contributed by atoms with Gasteiger partial charge in [0.25, 0.3) is 0 Å². The lowest BCUT2D eigenvalue weighted by Crippen LogP contribution is -2.47. The van der Waals surface area contributed by atoms with Crippen molar-refractivity contribution < 1.29 is 23.4 Å². The summed E-state index contributed by atoms with van der Waals surface area (Å²) in [6.07, 6.45) is 1.12. The number of nitrogens with one attached hydrogen (secondary N) is 1. The van der Waals surface area contributed by atoms with E-state index >= 15 is 0 Å². The van der Waals surface area contributed by atoms with Crippen LogP contribution in [0.5, 0.6) is 11.5 Å². The van der Waals surface area contributed by atoms with E-state index < -0.39 is 5.41 Å². The predicted molar refractivity (Wildman–Crippen MR) is 99.5 cm³/mol. The van der Waals surface area contributed by atoms with E-state index in [2.05, 4.69) is 5.32 Å². The van der Waals surface area contributed by atoms with E-state index in [-0.39, 0.29) is 11.7 Å². The SMILES string of the molecule is COc1cc(CNC(=O)C2(c3ccc(F)cc3)CCOCC2)cc(OC)c1. The third-order valence-corrected chi connectivity index (χ3v) is 5.04. The minimum Gasteiger partial charge on any atom is -0.497 e. The first-order valence-corrected chi connectivity index (χ1v) is 8.91. The standard InChI is InChI=1S/C21H24FNO4/c1-25-18-11-15(12-19(13-18)26-2)14-23-20(24)21(7-9-27-10-8-21)16-3-5-17(22)6-4-16/h3-6,11-13H,7-10,14H2,1-2H3,(H,23,24). The molecule has 0 radical (unpaired) electrons. The summed E-state index contributed by atoms with van der Waals surface area (Å²) in [5.74, 6) is 0.930. The largest absolute Gasteiger partial charge is 0.497 e. The molecule has 6 heteroatoms. The van der Waals surface area contributed by atoms with Gasteiger partial charge in [0, 0.05) is 25.8 Å². The molecule has 0 aliphatic carbocycles. The number of benzene rings is 2. The maximum Gasteiger partial charge on any atom is 0.231 e. The maximum absolute atomic E-state index is 13.3. The van der Waals surface area contributed by atoms with Crippen molar-refractivity contribution in [1.29, 1.82) is 0 Å². The molecule has 1 aliphatic heterocycles. The highest BCUT2D eigenvalue weighted by Gasteiger charge is 2.41. The molecule has 1 heterocycles. The summed E-state index contributed by atoms with van der Waals surface area (Å²) in [5, 5.41) is 3.03. The van der Waals surface area contributed by atoms with Crippen LogP contribution >= 0.6 is 0 Å². The first kappa shape index (κ1) is 19.2. The highest BCUT2D eigenvalue weighted by molar-refractivity contribution is 5.88. The van der Waals surface area contributed by atoms with Crippen molar-refractivity contribution >= 4 is 5.91 Å². The molecule has 0 unspecified atom stereocenters. The summed E-state index contributed by atoms with van der Waals surface area (Å²) in [6, 6.07) is 11.7. The number of halogens is 1. The van der Waals surface area contributed by atoms with Crippen LogP contribution in [0.3, 0.4) is 0 Å². The normalized spacial score (nSPS) is 15.8. The molecule has 144 valence electrons. The number of hydrogen-bond donors (Lipinski definition) is 1. The lowest BCUT2D eigenvalue weighted by Gasteiger charge is -2.36. The molecule has 1 saturated heterocycles. The van der Waals surface area contributed by atoms with Crippen LogP contribution in [0.15, 0.2) is 42.5 Å². The monoisotopic (exact) mass is 373 g/mol. The molecular weight excluding hydrogens is 349 g/mol. The van der Waals surface area contributed by atoms with Crippen LogP contribution in [-0.4, -0.2) is 33.3 Å². The molecule has 3 rings (SSSR count). The van der Waals surface area contributed by atoms with Gasteiger partial charge in [-0.3, -0.25) is 4.79 Å². The second-order valence-corrected chi connectivity index (χ2v) is 6.60. The second-order valence-electron chi connectivity index (χ2n) is 6.60. The molecule has 2 aromatic carbocycles. The minimum absolute atomic E-state index is 0.0841. The van der Waals surface area contributed by atoms with E-state index in [1.807, 2.05) is 12.1 Å². The fraction of sp³-hybridized carbons (Fsp3) is 0.381. The van der Waals surface area contributed by atoms with Gasteiger partial charge in [-0.2, -0.15) is 0 Å². The lowest BCUT2D eigenvalue weighted by molar-refractivity contribution is -0.130. The lowest BCUT2D eigenvalue weighted by atomic mass is 9.73. The van der Waals surface area contributed by atoms with Crippen molar-refractivity contribution in [2.75, 3.05) is 27.4 Å². The summed E-state index contributed by atoms with van der Waals surface area (Å²) in [7, 11) is 3.17. The first-order valence-electron chi connectivity index (χ1n) is 8.91. The van der Waals surface area contributed by atoms with Crippen LogP contribution in [0.25, 0.3) is 0 Å². The number of amides is 1. The number of ether oxygens (including phenoxy) is 3. The molecule has 1 aliphatic rings. The number of carbonyl (C=O) groups is 1. The molecule has 0 aromatic heterocycles. The molecule has 1 N–H and O–H groups in total. The highest BCUT2D eigenvalue weighted by atomic mass is 19.1. The van der Waals surface area contributed by atoms with Gasteiger partial charge in [0.15, 0.2) is 0 Å². The molecule has 0 spiro atoms. The van der Waals surface area contributed by atoms with Crippen molar-refractivity contribution in [1.82, 2.24) is 5.32 Å². The van der Waals surface area contributed by atoms with Gasteiger partial charge in [0.2, 0.25) is 5.91 Å². The van der Waals surface area contributed by atoms with E-state index in [0.29, 0.717) is 44.1 Å². The predicted octanol–water partition coefficient (Wildman–Crippen LogP) is 3.21. The van der Waals surface area contributed by atoms with Crippen molar-refractivity contribution in [3.05, 3.63) is 59.4 Å². The molecule has 5 nitrogen and oxygen atoms in total. The molecule has 0 bridgehead atoms. The summed E-state index contributed by atoms with van der Waals surface area (Å²) in [5.41, 5.74) is 0.975. The van der Waals surface area contributed by atoms with Crippen LogP contribution in [-0.2, 0) is 21.5 Å². The average Bonchev–Trinajstić information content (AvgIpc) is 2.72. The fourth-order valence-electron chi connectivity index (χ4n) is 3.46. The van der Waals surface area contributed by atoms with E-state index in [1.165, 1.54) is 12.1 Å². The Kier molecular flexibility index (Phi) is 5.96. The van der Waals surface area contributed by atoms with Crippen molar-refractivity contribution in [3.63, 3.8) is 0 Å². The van der Waals surface area contributed by atoms with Crippen molar-refractivity contribution in [2.45, 2.75) is 24.8 Å². The second kappa shape index (κ2) is 8.39. The maximum atomic E-state index is 13.3. The van der Waals surface area contributed by atoms with Gasteiger partial charge >= 0.3 is 0 Å².